The molecule has 1 aromatic heterocycles. The summed E-state index contributed by atoms with van der Waals surface area (Å²) in [6.07, 6.45) is 1.74. The number of halogens is 1. The van der Waals surface area contributed by atoms with Gasteiger partial charge in [-0.05, 0) is 35.1 Å². The Bertz CT molecular complexity index is 336. The Hall–Kier alpha value is -0.650. The van der Waals surface area contributed by atoms with Gasteiger partial charge in [-0.2, -0.15) is 0 Å². The fourth-order valence-corrected chi connectivity index (χ4v) is 2.05. The van der Waals surface area contributed by atoms with Crippen LogP contribution in [-0.4, -0.2) is 61.2 Å². The van der Waals surface area contributed by atoms with Gasteiger partial charge in [0.1, 0.15) is 17.0 Å². The first-order valence-electron chi connectivity index (χ1n) is 5.89. The third-order valence-corrected chi connectivity index (χ3v) is 3.44. The van der Waals surface area contributed by atoms with E-state index in [4.69, 9.17) is 4.74 Å². The van der Waals surface area contributed by atoms with E-state index in [-0.39, 0.29) is 0 Å². The van der Waals surface area contributed by atoms with Crippen LogP contribution in [0.2, 0.25) is 0 Å². The maximum absolute atomic E-state index is 5.65. The van der Waals surface area contributed by atoms with Gasteiger partial charge in [-0.1, -0.05) is 0 Å². The molecule has 2 heterocycles. The number of piperazine rings is 1. The van der Waals surface area contributed by atoms with E-state index in [9.17, 15) is 0 Å². The normalized spacial score (nSPS) is 18.2. The van der Waals surface area contributed by atoms with Gasteiger partial charge in [0.25, 0.3) is 0 Å². The molecule has 0 aliphatic carbocycles. The molecule has 0 bridgehead atoms. The molecule has 1 aliphatic rings. The van der Waals surface area contributed by atoms with Gasteiger partial charge >= 0.3 is 0 Å². The van der Waals surface area contributed by atoms with Gasteiger partial charge in [-0.15, -0.1) is 0 Å². The van der Waals surface area contributed by atoms with Gasteiger partial charge in [0.2, 0.25) is 0 Å². The van der Waals surface area contributed by atoms with Gasteiger partial charge in [0, 0.05) is 32.7 Å². The first-order valence-corrected chi connectivity index (χ1v) is 6.68. The Morgan fingerprint density at radius 3 is 2.71 bits per heavy atom. The highest BCUT2D eigenvalue weighted by atomic mass is 79.9. The number of aromatic nitrogens is 1. The molecule has 0 radical (unpaired) electrons. The van der Waals surface area contributed by atoms with Crippen LogP contribution in [0.4, 0.5) is 0 Å². The van der Waals surface area contributed by atoms with E-state index < -0.39 is 0 Å². The highest BCUT2D eigenvalue weighted by molar-refractivity contribution is 9.10. The number of ether oxygens (including phenoxy) is 1. The van der Waals surface area contributed by atoms with Crippen LogP contribution < -0.4 is 4.74 Å². The lowest BCUT2D eigenvalue weighted by Gasteiger charge is -2.32. The monoisotopic (exact) mass is 299 g/mol. The summed E-state index contributed by atoms with van der Waals surface area (Å²) >= 11 is 3.30. The summed E-state index contributed by atoms with van der Waals surface area (Å²) in [5.74, 6) is 0.835. The van der Waals surface area contributed by atoms with Crippen LogP contribution in [0, 0.1) is 0 Å². The summed E-state index contributed by atoms with van der Waals surface area (Å²) in [5, 5.41) is 0. The van der Waals surface area contributed by atoms with Gasteiger partial charge in [-0.3, -0.25) is 4.90 Å². The molecular weight excluding hydrogens is 282 g/mol. The minimum absolute atomic E-state index is 0.729. The Labute approximate surface area is 111 Å². The van der Waals surface area contributed by atoms with E-state index in [1.165, 1.54) is 0 Å². The van der Waals surface area contributed by atoms with E-state index in [1.807, 2.05) is 12.1 Å². The van der Waals surface area contributed by atoms with Gasteiger partial charge in [0.05, 0.1) is 6.20 Å². The first kappa shape index (κ1) is 12.8. The van der Waals surface area contributed by atoms with Crippen molar-refractivity contribution in [3.8, 4) is 5.75 Å². The number of rotatable bonds is 4. The number of hydrogen-bond acceptors (Lipinski definition) is 4. The average Bonchev–Trinajstić information content (AvgIpc) is 2.34. The molecule has 1 aliphatic heterocycles. The molecule has 0 N–H and O–H groups in total. The third-order valence-electron chi connectivity index (χ3n) is 2.97. The molecule has 1 aromatic rings. The number of nitrogens with zero attached hydrogens (tertiary/aromatic N) is 3. The van der Waals surface area contributed by atoms with Crippen LogP contribution in [0.15, 0.2) is 22.9 Å². The molecule has 2 rings (SSSR count). The van der Waals surface area contributed by atoms with E-state index in [1.54, 1.807) is 6.20 Å². The predicted molar refractivity (Wildman–Crippen MR) is 71.4 cm³/mol. The smallest absolute Gasteiger partial charge is 0.137 e. The van der Waals surface area contributed by atoms with Crippen molar-refractivity contribution in [2.75, 3.05) is 46.4 Å². The van der Waals surface area contributed by atoms with Crippen LogP contribution in [0.5, 0.6) is 5.75 Å². The number of pyridine rings is 1. The Balaban J connectivity index is 1.67. The summed E-state index contributed by atoms with van der Waals surface area (Å²) in [6, 6.07) is 3.83. The Kier molecular flexibility index (Phi) is 4.76. The molecule has 4 nitrogen and oxygen atoms in total. The molecule has 1 fully saturated rings. The second-order valence-electron chi connectivity index (χ2n) is 4.31. The quantitative estimate of drug-likeness (QED) is 0.787. The van der Waals surface area contributed by atoms with E-state index in [2.05, 4.69) is 37.8 Å². The van der Waals surface area contributed by atoms with Crippen molar-refractivity contribution in [2.45, 2.75) is 0 Å². The summed E-state index contributed by atoms with van der Waals surface area (Å²) in [7, 11) is 2.17. The zero-order chi connectivity index (χ0) is 12.1. The summed E-state index contributed by atoms with van der Waals surface area (Å²) < 4.78 is 6.49. The van der Waals surface area contributed by atoms with Crippen LogP contribution in [0.3, 0.4) is 0 Å². The lowest BCUT2D eigenvalue weighted by atomic mass is 10.3. The summed E-state index contributed by atoms with van der Waals surface area (Å²) in [6.45, 7) is 6.30. The van der Waals surface area contributed by atoms with E-state index in [0.29, 0.717) is 0 Å². The SMILES string of the molecule is CN1CCN(CCOc2ccc(Br)nc2)CC1. The minimum atomic E-state index is 0.729. The highest BCUT2D eigenvalue weighted by Gasteiger charge is 2.12. The van der Waals surface area contributed by atoms with Crippen LogP contribution >= 0.6 is 15.9 Å². The van der Waals surface area contributed by atoms with Crippen molar-refractivity contribution in [1.82, 2.24) is 14.8 Å². The number of hydrogen-bond donors (Lipinski definition) is 0. The molecular formula is C12H18BrN3O. The van der Waals surface area contributed by atoms with E-state index in [0.717, 1.165) is 49.7 Å². The molecule has 0 amide bonds. The number of likely N-dealkylation sites (N-methyl/N-ethyl adjacent to an activating group) is 1. The Morgan fingerprint density at radius 1 is 1.29 bits per heavy atom. The zero-order valence-electron chi connectivity index (χ0n) is 10.1. The largest absolute Gasteiger partial charge is 0.491 e. The fraction of sp³-hybridized carbons (Fsp3) is 0.583. The zero-order valence-corrected chi connectivity index (χ0v) is 11.7. The van der Waals surface area contributed by atoms with E-state index >= 15 is 0 Å². The second-order valence-corrected chi connectivity index (χ2v) is 5.12. The van der Waals surface area contributed by atoms with Crippen molar-refractivity contribution in [3.05, 3.63) is 22.9 Å². The standard InChI is InChI=1S/C12H18BrN3O/c1-15-4-6-16(7-5-15)8-9-17-11-2-3-12(13)14-10-11/h2-3,10H,4-9H2,1H3. The molecule has 94 valence electrons. The molecule has 1 saturated heterocycles. The second kappa shape index (κ2) is 6.33. The molecule has 0 spiro atoms. The van der Waals surface area contributed by atoms with Crippen molar-refractivity contribution >= 4 is 15.9 Å². The van der Waals surface area contributed by atoms with Crippen molar-refractivity contribution in [2.24, 2.45) is 0 Å². The molecule has 17 heavy (non-hydrogen) atoms. The molecule has 5 heteroatoms. The van der Waals surface area contributed by atoms with Crippen molar-refractivity contribution in [1.29, 1.82) is 0 Å². The average molecular weight is 300 g/mol. The van der Waals surface area contributed by atoms with Gasteiger partial charge < -0.3 is 9.64 Å². The molecule has 0 unspecified atom stereocenters. The van der Waals surface area contributed by atoms with Crippen molar-refractivity contribution < 1.29 is 4.74 Å². The maximum Gasteiger partial charge on any atom is 0.137 e. The molecule has 0 saturated carbocycles. The van der Waals surface area contributed by atoms with Crippen LogP contribution in [0.25, 0.3) is 0 Å². The van der Waals surface area contributed by atoms with Crippen LogP contribution in [0.1, 0.15) is 0 Å². The maximum atomic E-state index is 5.65. The topological polar surface area (TPSA) is 28.6 Å². The fourth-order valence-electron chi connectivity index (χ4n) is 1.81. The first-order chi connectivity index (χ1) is 8.24. The predicted octanol–water partition coefficient (Wildman–Crippen LogP) is 1.47. The lowest BCUT2D eigenvalue weighted by Crippen LogP contribution is -2.45. The van der Waals surface area contributed by atoms with Crippen molar-refractivity contribution in [3.63, 3.8) is 0 Å². The summed E-state index contributed by atoms with van der Waals surface area (Å²) in [5.41, 5.74) is 0. The third kappa shape index (κ3) is 4.26. The highest BCUT2D eigenvalue weighted by Crippen LogP contribution is 2.12. The molecule has 0 aromatic carbocycles. The Morgan fingerprint density at radius 2 is 2.06 bits per heavy atom. The van der Waals surface area contributed by atoms with Gasteiger partial charge in [-0.25, -0.2) is 4.98 Å². The van der Waals surface area contributed by atoms with Crippen LogP contribution in [-0.2, 0) is 0 Å². The molecule has 0 atom stereocenters. The lowest BCUT2D eigenvalue weighted by molar-refractivity contribution is 0.133. The summed E-state index contributed by atoms with van der Waals surface area (Å²) in [4.78, 5) is 8.92. The van der Waals surface area contributed by atoms with Gasteiger partial charge in [0.15, 0.2) is 0 Å². The minimum Gasteiger partial charge on any atom is -0.491 e.